The first-order valence-electron chi connectivity index (χ1n) is 7.42. The first-order valence-corrected chi connectivity index (χ1v) is 7.42. The van der Waals surface area contributed by atoms with Gasteiger partial charge in [-0.1, -0.05) is 12.1 Å². The number of carbonyl (C=O) groups is 1. The summed E-state index contributed by atoms with van der Waals surface area (Å²) in [5, 5.41) is 11.5. The molecule has 0 saturated carbocycles. The Morgan fingerprint density at radius 2 is 2.09 bits per heavy atom. The van der Waals surface area contributed by atoms with Crippen LogP contribution in [-0.4, -0.2) is 25.5 Å². The van der Waals surface area contributed by atoms with Crippen molar-refractivity contribution in [3.05, 3.63) is 65.2 Å². The third kappa shape index (κ3) is 3.15. The Bertz CT molecular complexity index is 833. The summed E-state index contributed by atoms with van der Waals surface area (Å²) >= 11 is 0. The van der Waals surface area contributed by atoms with Crippen molar-refractivity contribution in [1.29, 1.82) is 0 Å². The Balaban J connectivity index is 1.79. The van der Waals surface area contributed by atoms with Crippen LogP contribution < -0.4 is 5.32 Å². The van der Waals surface area contributed by atoms with E-state index in [0.29, 0.717) is 12.1 Å². The van der Waals surface area contributed by atoms with Crippen LogP contribution in [0.5, 0.6) is 0 Å². The molecule has 0 spiro atoms. The lowest BCUT2D eigenvalue weighted by Gasteiger charge is -2.08. The van der Waals surface area contributed by atoms with Gasteiger partial charge in [-0.05, 0) is 37.6 Å². The van der Waals surface area contributed by atoms with Gasteiger partial charge in [-0.15, -0.1) is 0 Å². The Kier molecular flexibility index (Phi) is 3.97. The molecule has 1 N–H and O–H groups in total. The normalized spacial score (nSPS) is 10.7. The number of nitrogens with zero attached hydrogens (tertiary/aromatic N) is 4. The predicted molar refractivity (Wildman–Crippen MR) is 88.4 cm³/mol. The summed E-state index contributed by atoms with van der Waals surface area (Å²) < 4.78 is 3.59. The average Bonchev–Trinajstić information content (AvgIpc) is 3.12. The molecule has 2 heterocycles. The largest absolute Gasteiger partial charge is 0.319 e. The molecule has 1 aromatic carbocycles. The Morgan fingerprint density at radius 1 is 1.26 bits per heavy atom. The maximum absolute atomic E-state index is 12.5. The second-order valence-corrected chi connectivity index (χ2v) is 5.53. The summed E-state index contributed by atoms with van der Waals surface area (Å²) in [5.74, 6) is -0.133. The zero-order valence-electron chi connectivity index (χ0n) is 13.4. The number of hydrogen-bond donors (Lipinski definition) is 1. The molecule has 0 atom stereocenters. The van der Waals surface area contributed by atoms with Crippen LogP contribution in [0.3, 0.4) is 0 Å². The molecule has 0 aliphatic rings. The van der Waals surface area contributed by atoms with Crippen molar-refractivity contribution >= 4 is 11.6 Å². The smallest absolute Gasteiger partial charge is 0.255 e. The molecule has 0 radical (unpaired) electrons. The lowest BCUT2D eigenvalue weighted by Crippen LogP contribution is -2.13. The van der Waals surface area contributed by atoms with Crippen molar-refractivity contribution in [3.63, 3.8) is 0 Å². The average molecular weight is 309 g/mol. The lowest BCUT2D eigenvalue weighted by molar-refractivity contribution is 0.102. The Morgan fingerprint density at radius 3 is 2.74 bits per heavy atom. The molecule has 0 aliphatic carbocycles. The number of hydrogen-bond acceptors (Lipinski definition) is 3. The second-order valence-electron chi connectivity index (χ2n) is 5.53. The van der Waals surface area contributed by atoms with Crippen LogP contribution in [0.4, 0.5) is 5.69 Å². The third-order valence-corrected chi connectivity index (χ3v) is 3.84. The molecule has 3 rings (SSSR count). The van der Waals surface area contributed by atoms with Crippen LogP contribution in [0.25, 0.3) is 0 Å². The standard InChI is InChI=1S/C17H19N5O/c1-12-16(13(2)21(3)20-12)19-17(23)15-7-4-6-14(10-15)11-22-9-5-8-18-22/h4-10H,11H2,1-3H3,(H,19,23). The minimum atomic E-state index is -0.133. The molecule has 0 bridgehead atoms. The van der Waals surface area contributed by atoms with Crippen LogP contribution in [0.2, 0.25) is 0 Å². The summed E-state index contributed by atoms with van der Waals surface area (Å²) in [7, 11) is 1.86. The van der Waals surface area contributed by atoms with Gasteiger partial charge in [0.25, 0.3) is 5.91 Å². The third-order valence-electron chi connectivity index (χ3n) is 3.84. The predicted octanol–water partition coefficient (Wildman–Crippen LogP) is 2.53. The number of amides is 1. The van der Waals surface area contributed by atoms with Crippen molar-refractivity contribution in [2.75, 3.05) is 5.32 Å². The molecule has 3 aromatic rings. The molecule has 0 saturated heterocycles. The minimum absolute atomic E-state index is 0.133. The van der Waals surface area contributed by atoms with Crippen molar-refractivity contribution in [2.24, 2.45) is 7.05 Å². The van der Waals surface area contributed by atoms with Gasteiger partial charge in [0.1, 0.15) is 0 Å². The van der Waals surface area contributed by atoms with Crippen LogP contribution in [0.1, 0.15) is 27.3 Å². The molecular weight excluding hydrogens is 290 g/mol. The van der Waals surface area contributed by atoms with E-state index in [1.165, 1.54) is 0 Å². The molecule has 0 fully saturated rings. The van der Waals surface area contributed by atoms with Crippen LogP contribution in [0.15, 0.2) is 42.7 Å². The van der Waals surface area contributed by atoms with E-state index in [2.05, 4.69) is 15.5 Å². The van der Waals surface area contributed by atoms with Gasteiger partial charge >= 0.3 is 0 Å². The number of anilines is 1. The van der Waals surface area contributed by atoms with E-state index in [0.717, 1.165) is 22.6 Å². The molecule has 0 aliphatic heterocycles. The molecular formula is C17H19N5O. The van der Waals surface area contributed by atoms with E-state index in [-0.39, 0.29) is 5.91 Å². The number of carbonyl (C=O) groups excluding carboxylic acids is 1. The zero-order chi connectivity index (χ0) is 16.4. The fraction of sp³-hybridized carbons (Fsp3) is 0.235. The zero-order valence-corrected chi connectivity index (χ0v) is 13.4. The topological polar surface area (TPSA) is 64.7 Å². The van der Waals surface area contributed by atoms with Crippen molar-refractivity contribution in [1.82, 2.24) is 19.6 Å². The number of aromatic nitrogens is 4. The molecule has 6 nitrogen and oxygen atoms in total. The molecule has 1 amide bonds. The van der Waals surface area contributed by atoms with E-state index in [1.54, 1.807) is 10.9 Å². The van der Waals surface area contributed by atoms with E-state index in [4.69, 9.17) is 0 Å². The Labute approximate surface area is 134 Å². The summed E-state index contributed by atoms with van der Waals surface area (Å²) in [5.41, 5.74) is 4.17. The van der Waals surface area contributed by atoms with Gasteiger partial charge in [0.05, 0.1) is 23.6 Å². The Hall–Kier alpha value is -2.89. The fourth-order valence-electron chi connectivity index (χ4n) is 2.53. The second kappa shape index (κ2) is 6.08. The van der Waals surface area contributed by atoms with Crippen LogP contribution in [0, 0.1) is 13.8 Å². The molecule has 2 aromatic heterocycles. The lowest BCUT2D eigenvalue weighted by atomic mass is 10.1. The minimum Gasteiger partial charge on any atom is -0.319 e. The quantitative estimate of drug-likeness (QED) is 0.805. The summed E-state index contributed by atoms with van der Waals surface area (Å²) in [6, 6.07) is 9.45. The van der Waals surface area contributed by atoms with Gasteiger partial charge in [-0.25, -0.2) is 0 Å². The SMILES string of the molecule is Cc1nn(C)c(C)c1NC(=O)c1cccc(Cn2cccn2)c1. The summed E-state index contributed by atoms with van der Waals surface area (Å²) in [6.45, 7) is 4.46. The van der Waals surface area contributed by atoms with E-state index in [9.17, 15) is 4.79 Å². The highest BCUT2D eigenvalue weighted by molar-refractivity contribution is 6.04. The van der Waals surface area contributed by atoms with Crippen LogP contribution >= 0.6 is 0 Å². The van der Waals surface area contributed by atoms with E-state index in [1.807, 2.05) is 62.1 Å². The maximum Gasteiger partial charge on any atom is 0.255 e. The first-order chi connectivity index (χ1) is 11.0. The summed E-state index contributed by atoms with van der Waals surface area (Å²) in [4.78, 5) is 12.5. The van der Waals surface area contributed by atoms with Gasteiger partial charge in [-0.3, -0.25) is 14.2 Å². The maximum atomic E-state index is 12.5. The molecule has 0 unspecified atom stereocenters. The molecule has 118 valence electrons. The fourth-order valence-corrected chi connectivity index (χ4v) is 2.53. The van der Waals surface area contributed by atoms with Gasteiger partial charge in [0, 0.05) is 25.0 Å². The van der Waals surface area contributed by atoms with Gasteiger partial charge in [0.2, 0.25) is 0 Å². The van der Waals surface area contributed by atoms with Crippen molar-refractivity contribution in [3.8, 4) is 0 Å². The first kappa shape index (κ1) is 15.0. The summed E-state index contributed by atoms with van der Waals surface area (Å²) in [6.07, 6.45) is 3.64. The van der Waals surface area contributed by atoms with Crippen LogP contribution in [-0.2, 0) is 13.6 Å². The highest BCUT2D eigenvalue weighted by Gasteiger charge is 2.14. The van der Waals surface area contributed by atoms with E-state index >= 15 is 0 Å². The number of aryl methyl sites for hydroxylation is 2. The van der Waals surface area contributed by atoms with Crippen molar-refractivity contribution < 1.29 is 4.79 Å². The van der Waals surface area contributed by atoms with Gasteiger partial charge in [0.15, 0.2) is 0 Å². The monoisotopic (exact) mass is 309 g/mol. The molecule has 6 heteroatoms. The van der Waals surface area contributed by atoms with Gasteiger partial charge < -0.3 is 5.32 Å². The van der Waals surface area contributed by atoms with E-state index < -0.39 is 0 Å². The molecule has 23 heavy (non-hydrogen) atoms. The highest BCUT2D eigenvalue weighted by atomic mass is 16.1. The number of rotatable bonds is 4. The number of benzene rings is 1. The van der Waals surface area contributed by atoms with Crippen molar-refractivity contribution in [2.45, 2.75) is 20.4 Å². The number of nitrogens with one attached hydrogen (secondary N) is 1. The van der Waals surface area contributed by atoms with Gasteiger partial charge in [-0.2, -0.15) is 10.2 Å². The highest BCUT2D eigenvalue weighted by Crippen LogP contribution is 2.19.